The molecule has 3 N–H and O–H groups in total. The number of hydrogen-bond donors (Lipinski definition) is 3. The summed E-state index contributed by atoms with van der Waals surface area (Å²) in [5.41, 5.74) is 1.71. The van der Waals surface area contributed by atoms with Gasteiger partial charge in [0, 0.05) is 0 Å². The fourth-order valence-corrected chi connectivity index (χ4v) is 5.72. The number of urea groups is 1. The second-order valence-corrected chi connectivity index (χ2v) is 9.45. The van der Waals surface area contributed by atoms with Crippen molar-refractivity contribution in [1.29, 1.82) is 0 Å². The van der Waals surface area contributed by atoms with Crippen molar-refractivity contribution in [2.24, 2.45) is 0 Å². The first-order valence-corrected chi connectivity index (χ1v) is 10.4. The van der Waals surface area contributed by atoms with Gasteiger partial charge in [0.1, 0.15) is 0 Å². The number of aromatic nitrogens is 1. The maximum absolute atomic E-state index is 12.9. The molecule has 0 aliphatic carbocycles. The van der Waals surface area contributed by atoms with Crippen molar-refractivity contribution in [3.05, 3.63) is 53.3 Å². The third-order valence-corrected chi connectivity index (χ3v) is 7.35. The average molecular weight is 505 g/mol. The van der Waals surface area contributed by atoms with Crippen LogP contribution in [0.25, 0.3) is 0 Å². The van der Waals surface area contributed by atoms with E-state index in [9.17, 15) is 19.5 Å². The van der Waals surface area contributed by atoms with Gasteiger partial charge >= 0.3 is 176 Å². The number of hydrogen-bond acceptors (Lipinski definition) is 6. The molecule has 1 aromatic heterocycles. The number of rotatable bonds is 3. The van der Waals surface area contributed by atoms with E-state index in [1.165, 1.54) is 25.6 Å². The molecule has 10 heteroatoms. The van der Waals surface area contributed by atoms with Crippen LogP contribution in [0, 0.1) is 11.8 Å². The molecule has 1 fully saturated rings. The summed E-state index contributed by atoms with van der Waals surface area (Å²) in [6.45, 7) is 0.325. The van der Waals surface area contributed by atoms with E-state index >= 15 is 0 Å². The molecule has 9 nitrogen and oxygen atoms in total. The van der Waals surface area contributed by atoms with E-state index in [4.69, 9.17) is 4.74 Å². The molecule has 0 unspecified atom stereocenters. The van der Waals surface area contributed by atoms with Crippen molar-refractivity contribution in [3.63, 3.8) is 0 Å². The van der Waals surface area contributed by atoms with Crippen molar-refractivity contribution in [1.82, 2.24) is 18.7 Å². The van der Waals surface area contributed by atoms with Crippen LogP contribution in [0.1, 0.15) is 21.5 Å². The molecule has 0 bridgehead atoms. The number of aromatic hydroxyl groups is 1. The van der Waals surface area contributed by atoms with Crippen molar-refractivity contribution in [2.45, 2.75) is 10.1 Å². The molecular formula is C19H14IN4O5-. The Balaban J connectivity index is 1.65. The standard InChI is InChI=1S/C19H14IN4O5/c1-29-14-3-2-12-10-24(16(26)15(12)7-14)20-19(17(27)22-18(28)23-19)5-4-11-6-13(25)9-21-8-11/h2-3,6-9,25H,10H2,1H3,(H2,22,23,27,28)/q-1/t19-/m0/s1. The third-order valence-electron chi connectivity index (χ3n) is 4.23. The summed E-state index contributed by atoms with van der Waals surface area (Å²) >= 11 is -1.40. The summed E-state index contributed by atoms with van der Waals surface area (Å²) in [6, 6.07) is 5.96. The minimum atomic E-state index is -1.51. The zero-order chi connectivity index (χ0) is 20.6. The fourth-order valence-electron chi connectivity index (χ4n) is 2.85. The Hall–Kier alpha value is -3.33. The normalized spacial score (nSPS) is 20.0. The molecule has 29 heavy (non-hydrogen) atoms. The van der Waals surface area contributed by atoms with Crippen LogP contribution in [0.2, 0.25) is 0 Å². The molecule has 148 valence electrons. The van der Waals surface area contributed by atoms with E-state index in [2.05, 4.69) is 27.5 Å². The molecule has 1 aromatic carbocycles. The number of carbonyl (C=O) groups excluding carboxylic acids is 3. The third kappa shape index (κ3) is 3.56. The molecule has 1 atom stereocenters. The molecule has 1 saturated heterocycles. The second-order valence-electron chi connectivity index (χ2n) is 6.18. The monoisotopic (exact) mass is 505 g/mol. The Labute approximate surface area is 176 Å². The second kappa shape index (κ2) is 7.25. The number of ether oxygens (including phenoxy) is 1. The minimum absolute atomic E-state index is 0.0698. The molecule has 0 spiro atoms. The van der Waals surface area contributed by atoms with Gasteiger partial charge in [0.05, 0.1) is 0 Å². The number of fused-ring (bicyclic) bond motifs is 1. The number of nitrogens with one attached hydrogen (secondary N) is 2. The van der Waals surface area contributed by atoms with E-state index in [1.54, 1.807) is 21.3 Å². The van der Waals surface area contributed by atoms with Crippen molar-refractivity contribution < 1.29 is 45.7 Å². The van der Waals surface area contributed by atoms with Crippen LogP contribution in [-0.4, -0.2) is 41.7 Å². The fraction of sp³-hybridized carbons (Fsp3) is 0.158. The number of amides is 4. The Morgan fingerprint density at radius 2 is 2.10 bits per heavy atom. The van der Waals surface area contributed by atoms with Crippen LogP contribution >= 0.6 is 0 Å². The Morgan fingerprint density at radius 1 is 1.28 bits per heavy atom. The van der Waals surface area contributed by atoms with Gasteiger partial charge in [-0.15, -0.1) is 0 Å². The van der Waals surface area contributed by atoms with Crippen molar-refractivity contribution in [3.8, 4) is 23.3 Å². The Bertz CT molecular complexity index is 1110. The number of methoxy groups -OCH3 is 1. The first-order chi connectivity index (χ1) is 13.9. The van der Waals surface area contributed by atoms with E-state index in [-0.39, 0.29) is 11.7 Å². The summed E-state index contributed by atoms with van der Waals surface area (Å²) in [6.07, 6.45) is 2.68. The molecule has 3 heterocycles. The predicted molar refractivity (Wildman–Crippen MR) is 95.1 cm³/mol. The van der Waals surface area contributed by atoms with E-state index in [0.29, 0.717) is 23.4 Å². The summed E-state index contributed by atoms with van der Waals surface area (Å²) < 4.78 is 5.22. The zero-order valence-electron chi connectivity index (χ0n) is 15.0. The van der Waals surface area contributed by atoms with Crippen molar-refractivity contribution >= 4 is 17.8 Å². The van der Waals surface area contributed by atoms with E-state index in [0.717, 1.165) is 5.56 Å². The predicted octanol–water partition coefficient (Wildman–Crippen LogP) is -2.66. The Morgan fingerprint density at radius 3 is 2.79 bits per heavy atom. The van der Waals surface area contributed by atoms with Gasteiger partial charge in [0.2, 0.25) is 0 Å². The van der Waals surface area contributed by atoms with Crippen LogP contribution in [0.3, 0.4) is 0 Å². The SMILES string of the molecule is COc1ccc2c(c1)C(=O)N([I-][C@@]1(C#Cc3cncc(O)c3)NC(=O)NC1=O)C2. The number of halogens is 1. The molecule has 0 saturated carbocycles. The van der Waals surface area contributed by atoms with Crippen LogP contribution in [0.4, 0.5) is 4.79 Å². The quantitative estimate of drug-likeness (QED) is 0.105. The van der Waals surface area contributed by atoms with Gasteiger partial charge in [0.25, 0.3) is 0 Å². The topological polar surface area (TPSA) is 121 Å². The first kappa shape index (κ1) is 19.0. The summed E-state index contributed by atoms with van der Waals surface area (Å²) in [7, 11) is 1.52. The molecule has 2 aromatic rings. The number of pyridine rings is 1. The molecule has 2 aliphatic heterocycles. The van der Waals surface area contributed by atoms with E-state index in [1.807, 2.05) is 0 Å². The molecule has 4 rings (SSSR count). The van der Waals surface area contributed by atoms with Crippen LogP contribution in [0.5, 0.6) is 11.5 Å². The summed E-state index contributed by atoms with van der Waals surface area (Å²) in [5, 5.41) is 14.3. The van der Waals surface area contributed by atoms with Gasteiger partial charge in [-0.3, -0.25) is 0 Å². The van der Waals surface area contributed by atoms with Crippen LogP contribution in [-0.2, 0) is 11.3 Å². The molecule has 4 amide bonds. The van der Waals surface area contributed by atoms with Gasteiger partial charge < -0.3 is 0 Å². The first-order valence-electron chi connectivity index (χ1n) is 8.36. The molecule has 2 aliphatic rings. The molecule has 0 radical (unpaired) electrons. The van der Waals surface area contributed by atoms with E-state index < -0.39 is 37.0 Å². The van der Waals surface area contributed by atoms with Crippen molar-refractivity contribution in [2.75, 3.05) is 7.11 Å². The van der Waals surface area contributed by atoms with Gasteiger partial charge in [-0.25, -0.2) is 0 Å². The van der Waals surface area contributed by atoms with Gasteiger partial charge in [0.15, 0.2) is 0 Å². The Kier molecular flexibility index (Phi) is 4.75. The maximum atomic E-state index is 12.9. The van der Waals surface area contributed by atoms with Gasteiger partial charge in [-0.2, -0.15) is 0 Å². The van der Waals surface area contributed by atoms with Crippen LogP contribution < -0.4 is 36.8 Å². The number of imide groups is 1. The van der Waals surface area contributed by atoms with Gasteiger partial charge in [-0.1, -0.05) is 0 Å². The number of nitrogens with zero attached hydrogens (tertiary/aromatic N) is 2. The molecular weight excluding hydrogens is 491 g/mol. The average Bonchev–Trinajstić information content (AvgIpc) is 3.15. The summed E-state index contributed by atoms with van der Waals surface area (Å²) in [5.74, 6) is 5.23. The number of alkyl halides is 1. The number of benzene rings is 1. The number of carbonyl (C=O) groups is 3. The zero-order valence-corrected chi connectivity index (χ0v) is 17.2. The van der Waals surface area contributed by atoms with Crippen LogP contribution in [0.15, 0.2) is 36.7 Å². The van der Waals surface area contributed by atoms with Gasteiger partial charge in [-0.05, 0) is 0 Å². The summed E-state index contributed by atoms with van der Waals surface area (Å²) in [4.78, 5) is 41.1.